The first-order valence-corrected chi connectivity index (χ1v) is 6.13. The zero-order valence-corrected chi connectivity index (χ0v) is 11.1. The summed E-state index contributed by atoms with van der Waals surface area (Å²) in [6, 6.07) is 0. The molecule has 0 atom stereocenters. The molecular weight excluding hydrogens is 220 g/mol. The van der Waals surface area contributed by atoms with E-state index in [0.29, 0.717) is 26.1 Å². The van der Waals surface area contributed by atoms with E-state index >= 15 is 0 Å². The zero-order chi connectivity index (χ0) is 13.1. The Morgan fingerprint density at radius 2 is 2.00 bits per heavy atom. The Kier molecular flexibility index (Phi) is 9.43. The summed E-state index contributed by atoms with van der Waals surface area (Å²) in [5.41, 5.74) is 0. The zero-order valence-electron chi connectivity index (χ0n) is 11.1. The Morgan fingerprint density at radius 3 is 2.53 bits per heavy atom. The second kappa shape index (κ2) is 10.1. The van der Waals surface area contributed by atoms with E-state index in [-0.39, 0.29) is 11.8 Å². The maximum atomic E-state index is 11.4. The van der Waals surface area contributed by atoms with Crippen LogP contribution in [-0.4, -0.2) is 50.1 Å². The summed E-state index contributed by atoms with van der Waals surface area (Å²) in [5, 5.41) is 2.73. The topological polar surface area (TPSA) is 58.6 Å². The van der Waals surface area contributed by atoms with E-state index in [1.807, 2.05) is 0 Å². The van der Waals surface area contributed by atoms with Crippen molar-refractivity contribution in [2.45, 2.75) is 33.1 Å². The molecule has 0 aromatic heterocycles. The second-order valence-electron chi connectivity index (χ2n) is 3.95. The summed E-state index contributed by atoms with van der Waals surface area (Å²) in [4.78, 5) is 24.4. The molecule has 0 saturated heterocycles. The fraction of sp³-hybridized carbons (Fsp3) is 0.833. The number of methoxy groups -OCH3 is 1. The number of nitrogens with one attached hydrogen (secondary N) is 1. The molecule has 100 valence electrons. The molecule has 5 heteroatoms. The SMILES string of the molecule is CCCCN(CCC(=O)NCCOC)C(C)=O. The van der Waals surface area contributed by atoms with E-state index < -0.39 is 0 Å². The molecule has 0 unspecified atom stereocenters. The number of carbonyl (C=O) groups is 2. The highest BCUT2D eigenvalue weighted by atomic mass is 16.5. The molecule has 2 amide bonds. The van der Waals surface area contributed by atoms with E-state index in [0.717, 1.165) is 19.4 Å². The average molecular weight is 244 g/mol. The summed E-state index contributed by atoms with van der Waals surface area (Å²) >= 11 is 0. The van der Waals surface area contributed by atoms with Gasteiger partial charge in [0.15, 0.2) is 0 Å². The lowest BCUT2D eigenvalue weighted by Gasteiger charge is -2.20. The maximum Gasteiger partial charge on any atom is 0.221 e. The van der Waals surface area contributed by atoms with Gasteiger partial charge in [0.25, 0.3) is 0 Å². The van der Waals surface area contributed by atoms with E-state index in [9.17, 15) is 9.59 Å². The molecule has 0 saturated carbocycles. The number of hydrogen-bond donors (Lipinski definition) is 1. The lowest BCUT2D eigenvalue weighted by molar-refractivity contribution is -0.129. The van der Waals surface area contributed by atoms with Gasteiger partial charge in [-0.05, 0) is 6.42 Å². The van der Waals surface area contributed by atoms with Gasteiger partial charge in [-0.1, -0.05) is 13.3 Å². The minimum absolute atomic E-state index is 0.0307. The number of nitrogens with zero attached hydrogens (tertiary/aromatic N) is 1. The molecule has 0 aliphatic heterocycles. The molecule has 0 fully saturated rings. The number of hydrogen-bond acceptors (Lipinski definition) is 3. The Labute approximate surface area is 103 Å². The van der Waals surface area contributed by atoms with E-state index in [4.69, 9.17) is 4.74 Å². The van der Waals surface area contributed by atoms with Gasteiger partial charge in [0.05, 0.1) is 6.61 Å². The van der Waals surface area contributed by atoms with Crippen LogP contribution >= 0.6 is 0 Å². The smallest absolute Gasteiger partial charge is 0.221 e. The first-order chi connectivity index (χ1) is 8.11. The van der Waals surface area contributed by atoms with Crippen molar-refractivity contribution < 1.29 is 14.3 Å². The van der Waals surface area contributed by atoms with Crippen molar-refractivity contribution in [1.29, 1.82) is 0 Å². The molecule has 1 N–H and O–H groups in total. The van der Waals surface area contributed by atoms with Crippen LogP contribution in [-0.2, 0) is 14.3 Å². The van der Waals surface area contributed by atoms with Crippen LogP contribution in [0.15, 0.2) is 0 Å². The first kappa shape index (κ1) is 15.9. The average Bonchev–Trinajstić information content (AvgIpc) is 2.29. The van der Waals surface area contributed by atoms with Crippen LogP contribution in [0.2, 0.25) is 0 Å². The Morgan fingerprint density at radius 1 is 1.29 bits per heavy atom. The number of amides is 2. The number of carbonyl (C=O) groups excluding carboxylic acids is 2. The summed E-state index contributed by atoms with van der Waals surface area (Å²) < 4.78 is 4.83. The first-order valence-electron chi connectivity index (χ1n) is 6.13. The Hall–Kier alpha value is -1.10. The minimum Gasteiger partial charge on any atom is -0.383 e. The summed E-state index contributed by atoms with van der Waals surface area (Å²) in [5.74, 6) is -0.00654. The van der Waals surface area contributed by atoms with E-state index in [1.165, 1.54) is 0 Å². The fourth-order valence-electron chi connectivity index (χ4n) is 1.39. The molecule has 0 spiro atoms. The second-order valence-corrected chi connectivity index (χ2v) is 3.95. The number of rotatable bonds is 9. The molecule has 0 heterocycles. The maximum absolute atomic E-state index is 11.4. The summed E-state index contributed by atoms with van der Waals surface area (Å²) in [6.45, 7) is 5.88. The fourth-order valence-corrected chi connectivity index (χ4v) is 1.39. The van der Waals surface area contributed by atoms with Crippen LogP contribution < -0.4 is 5.32 Å². The molecule has 0 aromatic rings. The van der Waals surface area contributed by atoms with Gasteiger partial charge in [-0.3, -0.25) is 9.59 Å². The quantitative estimate of drug-likeness (QED) is 0.610. The number of unbranched alkanes of at least 4 members (excludes halogenated alkanes) is 1. The third kappa shape index (κ3) is 8.68. The molecule has 17 heavy (non-hydrogen) atoms. The molecule has 0 bridgehead atoms. The molecule has 5 nitrogen and oxygen atoms in total. The lowest BCUT2D eigenvalue weighted by Crippen LogP contribution is -2.35. The van der Waals surface area contributed by atoms with Gasteiger partial charge in [0.1, 0.15) is 0 Å². The Balaban J connectivity index is 3.79. The molecule has 0 rings (SSSR count). The summed E-state index contributed by atoms with van der Waals surface area (Å²) in [6.07, 6.45) is 2.38. The molecule has 0 aliphatic rings. The highest BCUT2D eigenvalue weighted by Gasteiger charge is 2.09. The van der Waals surface area contributed by atoms with Crippen molar-refractivity contribution in [2.24, 2.45) is 0 Å². The van der Waals surface area contributed by atoms with Crippen LogP contribution in [0.25, 0.3) is 0 Å². The van der Waals surface area contributed by atoms with Crippen LogP contribution in [0.1, 0.15) is 33.1 Å². The standard InChI is InChI=1S/C12H24N2O3/c1-4-5-8-14(11(2)15)9-6-12(16)13-7-10-17-3/h4-10H2,1-3H3,(H,13,16). The predicted molar refractivity (Wildman–Crippen MR) is 66.7 cm³/mol. The van der Waals surface area contributed by atoms with Crippen molar-refractivity contribution in [3.8, 4) is 0 Å². The normalized spacial score (nSPS) is 10.1. The largest absolute Gasteiger partial charge is 0.383 e. The van der Waals surface area contributed by atoms with Crippen LogP contribution in [0, 0.1) is 0 Å². The van der Waals surface area contributed by atoms with Crippen LogP contribution in [0.4, 0.5) is 0 Å². The van der Waals surface area contributed by atoms with Crippen molar-refractivity contribution in [3.05, 3.63) is 0 Å². The van der Waals surface area contributed by atoms with Gasteiger partial charge in [-0.15, -0.1) is 0 Å². The van der Waals surface area contributed by atoms with Crippen molar-refractivity contribution in [2.75, 3.05) is 33.4 Å². The third-order valence-corrected chi connectivity index (χ3v) is 2.46. The number of ether oxygens (including phenoxy) is 1. The minimum atomic E-state index is -0.0372. The van der Waals surface area contributed by atoms with E-state index in [1.54, 1.807) is 18.9 Å². The van der Waals surface area contributed by atoms with Gasteiger partial charge in [0.2, 0.25) is 11.8 Å². The third-order valence-electron chi connectivity index (χ3n) is 2.46. The predicted octanol–water partition coefficient (Wildman–Crippen LogP) is 0.788. The highest BCUT2D eigenvalue weighted by Crippen LogP contribution is 1.97. The van der Waals surface area contributed by atoms with Crippen molar-refractivity contribution in [3.63, 3.8) is 0 Å². The lowest BCUT2D eigenvalue weighted by atomic mass is 10.3. The van der Waals surface area contributed by atoms with Crippen LogP contribution in [0.5, 0.6) is 0 Å². The molecule has 0 aromatic carbocycles. The van der Waals surface area contributed by atoms with Crippen molar-refractivity contribution >= 4 is 11.8 Å². The van der Waals surface area contributed by atoms with Crippen LogP contribution in [0.3, 0.4) is 0 Å². The van der Waals surface area contributed by atoms with Crippen molar-refractivity contribution in [1.82, 2.24) is 10.2 Å². The highest BCUT2D eigenvalue weighted by molar-refractivity contribution is 5.77. The van der Waals surface area contributed by atoms with Gasteiger partial charge in [-0.2, -0.15) is 0 Å². The van der Waals surface area contributed by atoms with Gasteiger partial charge >= 0.3 is 0 Å². The van der Waals surface area contributed by atoms with Gasteiger partial charge < -0.3 is 15.0 Å². The molecule has 0 radical (unpaired) electrons. The molecular formula is C12H24N2O3. The molecule has 0 aliphatic carbocycles. The summed E-state index contributed by atoms with van der Waals surface area (Å²) in [7, 11) is 1.59. The monoisotopic (exact) mass is 244 g/mol. The Bertz CT molecular complexity index is 232. The van der Waals surface area contributed by atoms with Gasteiger partial charge in [0, 0.05) is 40.1 Å². The van der Waals surface area contributed by atoms with E-state index in [2.05, 4.69) is 12.2 Å². The van der Waals surface area contributed by atoms with Gasteiger partial charge in [-0.25, -0.2) is 0 Å².